The number of amides is 1. The second kappa shape index (κ2) is 6.16. The number of hydrogen-bond donors (Lipinski definition) is 1. The van der Waals surface area contributed by atoms with Crippen molar-refractivity contribution in [2.45, 2.75) is 0 Å². The van der Waals surface area contributed by atoms with Crippen LogP contribution in [-0.2, 0) is 4.74 Å². The van der Waals surface area contributed by atoms with Crippen molar-refractivity contribution < 1.29 is 14.3 Å². The molecule has 2 aromatic heterocycles. The highest BCUT2D eigenvalue weighted by Crippen LogP contribution is 2.09. The van der Waals surface area contributed by atoms with E-state index in [0.29, 0.717) is 24.5 Å². The van der Waals surface area contributed by atoms with Gasteiger partial charge in [-0.1, -0.05) is 0 Å². The first-order valence-corrected chi connectivity index (χ1v) is 6.00. The standard InChI is InChI=1S/C13H15N3O4/c1-19-6-5-14-12(17)10-7-15-11-4-3-9(20-2)8-16(11)13(10)18/h3-4,7-8H,5-6H2,1-2H3,(H,14,17). The quantitative estimate of drug-likeness (QED) is 0.783. The zero-order valence-electron chi connectivity index (χ0n) is 11.3. The van der Waals surface area contributed by atoms with E-state index in [9.17, 15) is 9.59 Å². The lowest BCUT2D eigenvalue weighted by Crippen LogP contribution is -2.33. The molecule has 0 bridgehead atoms. The first-order valence-electron chi connectivity index (χ1n) is 6.00. The average Bonchev–Trinajstić information content (AvgIpc) is 2.47. The van der Waals surface area contributed by atoms with Gasteiger partial charge in [-0.25, -0.2) is 4.98 Å². The van der Waals surface area contributed by atoms with Crippen LogP contribution in [0.15, 0.2) is 29.3 Å². The molecule has 7 heteroatoms. The van der Waals surface area contributed by atoms with Crippen molar-refractivity contribution in [2.24, 2.45) is 0 Å². The Balaban J connectivity index is 2.37. The third-order valence-electron chi connectivity index (χ3n) is 2.75. The summed E-state index contributed by atoms with van der Waals surface area (Å²) in [5.41, 5.74) is -0.0140. The van der Waals surface area contributed by atoms with E-state index in [1.54, 1.807) is 12.1 Å². The molecule has 0 radical (unpaired) electrons. The number of pyridine rings is 1. The zero-order chi connectivity index (χ0) is 14.5. The summed E-state index contributed by atoms with van der Waals surface area (Å²) in [6.45, 7) is 0.706. The molecule has 0 aromatic carbocycles. The molecule has 2 aromatic rings. The molecule has 0 saturated heterocycles. The minimum atomic E-state index is -0.475. The number of hydrogen-bond acceptors (Lipinski definition) is 5. The molecule has 0 atom stereocenters. The van der Waals surface area contributed by atoms with Crippen molar-refractivity contribution in [2.75, 3.05) is 27.4 Å². The van der Waals surface area contributed by atoms with Gasteiger partial charge >= 0.3 is 0 Å². The summed E-state index contributed by atoms with van der Waals surface area (Å²) in [5, 5.41) is 2.59. The van der Waals surface area contributed by atoms with Crippen LogP contribution in [0, 0.1) is 0 Å². The third kappa shape index (κ3) is 2.77. The number of nitrogens with one attached hydrogen (secondary N) is 1. The lowest BCUT2D eigenvalue weighted by molar-refractivity contribution is 0.0935. The summed E-state index contributed by atoms with van der Waals surface area (Å²) in [4.78, 5) is 28.2. The van der Waals surface area contributed by atoms with Crippen molar-refractivity contribution in [3.05, 3.63) is 40.4 Å². The minimum Gasteiger partial charge on any atom is -0.495 e. The number of carbonyl (C=O) groups excluding carboxylic acids is 1. The Kier molecular flexibility index (Phi) is 4.31. The van der Waals surface area contributed by atoms with Gasteiger partial charge in [0.1, 0.15) is 17.0 Å². The molecule has 0 aliphatic rings. The van der Waals surface area contributed by atoms with Gasteiger partial charge in [-0.05, 0) is 12.1 Å². The molecular formula is C13H15N3O4. The maximum Gasteiger partial charge on any atom is 0.270 e. The topological polar surface area (TPSA) is 81.9 Å². The van der Waals surface area contributed by atoms with Crippen LogP contribution in [-0.4, -0.2) is 42.7 Å². The van der Waals surface area contributed by atoms with Crippen LogP contribution in [0.5, 0.6) is 5.75 Å². The van der Waals surface area contributed by atoms with E-state index < -0.39 is 11.5 Å². The zero-order valence-corrected chi connectivity index (χ0v) is 11.3. The van der Waals surface area contributed by atoms with Gasteiger partial charge in [0, 0.05) is 19.9 Å². The molecule has 0 aliphatic carbocycles. The average molecular weight is 277 g/mol. The highest BCUT2D eigenvalue weighted by molar-refractivity contribution is 5.93. The molecule has 0 spiro atoms. The Hall–Kier alpha value is -2.41. The normalized spacial score (nSPS) is 10.5. The van der Waals surface area contributed by atoms with Gasteiger partial charge in [-0.15, -0.1) is 0 Å². The van der Waals surface area contributed by atoms with E-state index >= 15 is 0 Å². The van der Waals surface area contributed by atoms with Crippen LogP contribution in [0.2, 0.25) is 0 Å². The van der Waals surface area contributed by atoms with Gasteiger partial charge in [0.05, 0.1) is 19.9 Å². The highest BCUT2D eigenvalue weighted by atomic mass is 16.5. The number of ether oxygens (including phenoxy) is 2. The second-order valence-corrected chi connectivity index (χ2v) is 4.02. The van der Waals surface area contributed by atoms with E-state index in [2.05, 4.69) is 10.3 Å². The van der Waals surface area contributed by atoms with Gasteiger partial charge in [0.15, 0.2) is 0 Å². The van der Waals surface area contributed by atoms with E-state index in [1.807, 2.05) is 0 Å². The van der Waals surface area contributed by atoms with Crippen molar-refractivity contribution in [3.63, 3.8) is 0 Å². The molecular weight excluding hydrogens is 262 g/mol. The monoisotopic (exact) mass is 277 g/mol. The molecule has 0 saturated carbocycles. The van der Waals surface area contributed by atoms with Crippen LogP contribution in [0.1, 0.15) is 10.4 Å². The minimum absolute atomic E-state index is 0.0214. The Bertz CT molecular complexity index is 681. The molecule has 1 amide bonds. The van der Waals surface area contributed by atoms with Crippen LogP contribution < -0.4 is 15.6 Å². The van der Waals surface area contributed by atoms with E-state index in [0.717, 1.165) is 0 Å². The summed E-state index contributed by atoms with van der Waals surface area (Å²) < 4.78 is 11.2. The largest absolute Gasteiger partial charge is 0.495 e. The van der Waals surface area contributed by atoms with Crippen molar-refractivity contribution in [3.8, 4) is 5.75 Å². The summed E-state index contributed by atoms with van der Waals surface area (Å²) in [6, 6.07) is 3.34. The van der Waals surface area contributed by atoms with Gasteiger partial charge in [-0.2, -0.15) is 0 Å². The predicted octanol–water partition coefficient (Wildman–Crippen LogP) is 0.0793. The number of aromatic nitrogens is 2. The fourth-order valence-corrected chi connectivity index (χ4v) is 1.70. The van der Waals surface area contributed by atoms with Gasteiger partial charge in [-0.3, -0.25) is 14.0 Å². The van der Waals surface area contributed by atoms with Crippen LogP contribution in [0.3, 0.4) is 0 Å². The first kappa shape index (κ1) is 14.0. The van der Waals surface area contributed by atoms with Gasteiger partial charge in [0.2, 0.25) is 0 Å². The Morgan fingerprint density at radius 2 is 2.20 bits per heavy atom. The van der Waals surface area contributed by atoms with Crippen molar-refractivity contribution in [1.82, 2.24) is 14.7 Å². The van der Waals surface area contributed by atoms with E-state index in [1.165, 1.54) is 31.0 Å². The summed E-state index contributed by atoms with van der Waals surface area (Å²) in [7, 11) is 3.03. The predicted molar refractivity (Wildman–Crippen MR) is 72.2 cm³/mol. The summed E-state index contributed by atoms with van der Waals surface area (Å²) in [6.07, 6.45) is 2.77. The second-order valence-electron chi connectivity index (χ2n) is 4.02. The number of rotatable bonds is 5. The molecule has 2 heterocycles. The number of nitrogens with zero attached hydrogens (tertiary/aromatic N) is 2. The van der Waals surface area contributed by atoms with E-state index in [4.69, 9.17) is 9.47 Å². The SMILES string of the molecule is COCCNC(=O)c1cnc2ccc(OC)cn2c1=O. The maximum atomic E-state index is 12.2. The summed E-state index contributed by atoms with van der Waals surface area (Å²) in [5.74, 6) is 0.0371. The van der Waals surface area contributed by atoms with Gasteiger partial charge < -0.3 is 14.8 Å². The first-order chi connectivity index (χ1) is 9.67. The number of fused-ring (bicyclic) bond motifs is 1. The highest BCUT2D eigenvalue weighted by Gasteiger charge is 2.13. The molecule has 7 nitrogen and oxygen atoms in total. The van der Waals surface area contributed by atoms with Crippen LogP contribution in [0.4, 0.5) is 0 Å². The lowest BCUT2D eigenvalue weighted by atomic mass is 10.3. The number of methoxy groups -OCH3 is 2. The van der Waals surface area contributed by atoms with Crippen molar-refractivity contribution >= 4 is 11.6 Å². The lowest BCUT2D eigenvalue weighted by Gasteiger charge is -2.07. The van der Waals surface area contributed by atoms with E-state index in [-0.39, 0.29) is 5.56 Å². The molecule has 0 aliphatic heterocycles. The van der Waals surface area contributed by atoms with Gasteiger partial charge in [0.25, 0.3) is 11.5 Å². The molecule has 0 unspecified atom stereocenters. The fraction of sp³-hybridized carbons (Fsp3) is 0.308. The smallest absolute Gasteiger partial charge is 0.270 e. The van der Waals surface area contributed by atoms with Crippen LogP contribution >= 0.6 is 0 Å². The Labute approximate surface area is 115 Å². The molecule has 0 fully saturated rings. The molecule has 2 rings (SSSR count). The maximum absolute atomic E-state index is 12.2. The Morgan fingerprint density at radius 1 is 1.40 bits per heavy atom. The molecule has 106 valence electrons. The Morgan fingerprint density at radius 3 is 2.90 bits per heavy atom. The third-order valence-corrected chi connectivity index (χ3v) is 2.75. The molecule has 1 N–H and O–H groups in total. The van der Waals surface area contributed by atoms with Crippen molar-refractivity contribution in [1.29, 1.82) is 0 Å². The number of carbonyl (C=O) groups is 1. The molecule has 20 heavy (non-hydrogen) atoms. The fourth-order valence-electron chi connectivity index (χ4n) is 1.70. The summed E-state index contributed by atoms with van der Waals surface area (Å²) >= 11 is 0. The van der Waals surface area contributed by atoms with Crippen LogP contribution in [0.25, 0.3) is 5.65 Å².